The van der Waals surface area contributed by atoms with Crippen LogP contribution in [0.4, 0.5) is 0 Å². The van der Waals surface area contributed by atoms with E-state index >= 15 is 0 Å². The Bertz CT molecular complexity index is 1160. The maximum Gasteiger partial charge on any atom is 0.0245 e. The molecule has 3 atom stereocenters. The summed E-state index contributed by atoms with van der Waals surface area (Å²) in [5, 5.41) is 2.69. The van der Waals surface area contributed by atoms with Crippen LogP contribution in [0.2, 0.25) is 0 Å². The number of hydrogen-bond donors (Lipinski definition) is 0. The summed E-state index contributed by atoms with van der Waals surface area (Å²) in [7, 11) is 0. The van der Waals surface area contributed by atoms with Gasteiger partial charge in [-0.2, -0.15) is 0 Å². The third kappa shape index (κ3) is 4.21. The third-order valence-corrected chi connectivity index (χ3v) is 7.80. The van der Waals surface area contributed by atoms with Crippen LogP contribution in [0.3, 0.4) is 0 Å². The maximum atomic E-state index is 2.79. The van der Waals surface area contributed by atoms with E-state index in [-0.39, 0.29) is 0 Å². The van der Waals surface area contributed by atoms with E-state index in [9.17, 15) is 0 Å². The van der Waals surface area contributed by atoms with Gasteiger partial charge in [-0.3, -0.25) is 9.80 Å². The molecule has 2 aliphatic rings. The molecule has 2 nitrogen and oxygen atoms in total. The van der Waals surface area contributed by atoms with Crippen molar-refractivity contribution in [2.75, 3.05) is 19.6 Å². The van der Waals surface area contributed by atoms with Gasteiger partial charge >= 0.3 is 0 Å². The van der Waals surface area contributed by atoms with Crippen molar-refractivity contribution in [2.24, 2.45) is 0 Å². The lowest BCUT2D eigenvalue weighted by atomic mass is 9.79. The highest BCUT2D eigenvalue weighted by Gasteiger charge is 2.39. The first-order valence-electron chi connectivity index (χ1n) is 12.4. The van der Waals surface area contributed by atoms with Gasteiger partial charge in [-0.05, 0) is 46.4 Å². The number of piperazine rings is 1. The molecule has 6 rings (SSSR count). The van der Waals surface area contributed by atoms with Crippen LogP contribution in [-0.2, 0) is 6.54 Å². The minimum Gasteiger partial charge on any atom is -0.297 e. The van der Waals surface area contributed by atoms with Gasteiger partial charge in [0, 0.05) is 44.2 Å². The molecule has 4 aromatic carbocycles. The third-order valence-electron chi connectivity index (χ3n) is 7.80. The molecule has 0 spiro atoms. The first-order chi connectivity index (χ1) is 16.3. The van der Waals surface area contributed by atoms with E-state index in [0.717, 1.165) is 19.6 Å². The molecular weight excluding hydrogens is 400 g/mol. The number of fused-ring (bicyclic) bond motifs is 3. The van der Waals surface area contributed by atoms with Gasteiger partial charge < -0.3 is 0 Å². The molecule has 0 aliphatic carbocycles. The number of benzene rings is 4. The van der Waals surface area contributed by atoms with Crippen molar-refractivity contribution in [3.63, 3.8) is 0 Å². The van der Waals surface area contributed by atoms with Crippen molar-refractivity contribution in [3.05, 3.63) is 120 Å². The zero-order valence-corrected chi connectivity index (χ0v) is 19.2. The van der Waals surface area contributed by atoms with E-state index in [4.69, 9.17) is 0 Å². The Morgan fingerprint density at radius 2 is 1.33 bits per heavy atom. The summed E-state index contributed by atoms with van der Waals surface area (Å²) in [4.78, 5) is 5.52. The summed E-state index contributed by atoms with van der Waals surface area (Å²) >= 11 is 0. The summed E-state index contributed by atoms with van der Waals surface area (Å²) in [6.07, 6.45) is 2.54. The zero-order valence-electron chi connectivity index (χ0n) is 19.2. The van der Waals surface area contributed by atoms with Gasteiger partial charge in [0.05, 0.1) is 0 Å². The number of piperidine rings is 1. The van der Waals surface area contributed by atoms with E-state index in [2.05, 4.69) is 113 Å². The first kappa shape index (κ1) is 20.7. The van der Waals surface area contributed by atoms with Crippen LogP contribution in [0.15, 0.2) is 103 Å². The molecule has 166 valence electrons. The Morgan fingerprint density at radius 1 is 0.667 bits per heavy atom. The molecule has 4 aromatic rings. The molecule has 0 amide bonds. The lowest BCUT2D eigenvalue weighted by molar-refractivity contribution is -0.00354. The maximum absolute atomic E-state index is 2.79. The van der Waals surface area contributed by atoms with Crippen molar-refractivity contribution in [3.8, 4) is 0 Å². The van der Waals surface area contributed by atoms with Gasteiger partial charge in [-0.15, -0.1) is 0 Å². The van der Waals surface area contributed by atoms with Gasteiger partial charge in [-0.1, -0.05) is 97.1 Å². The highest BCUT2D eigenvalue weighted by atomic mass is 15.3. The van der Waals surface area contributed by atoms with Gasteiger partial charge in [-0.25, -0.2) is 0 Å². The normalized spacial score (nSPS) is 23.1. The van der Waals surface area contributed by atoms with Crippen molar-refractivity contribution >= 4 is 10.8 Å². The fraction of sp³-hybridized carbons (Fsp3) is 0.290. The topological polar surface area (TPSA) is 6.48 Å². The Labute approximate surface area is 197 Å². The van der Waals surface area contributed by atoms with Crippen LogP contribution in [0, 0.1) is 0 Å². The molecule has 0 radical (unpaired) electrons. The van der Waals surface area contributed by atoms with Gasteiger partial charge in [0.1, 0.15) is 0 Å². The van der Waals surface area contributed by atoms with Crippen LogP contribution in [-0.4, -0.2) is 41.5 Å². The highest BCUT2D eigenvalue weighted by molar-refractivity contribution is 5.82. The van der Waals surface area contributed by atoms with Crippen LogP contribution in [0.1, 0.15) is 35.4 Å². The molecule has 2 fully saturated rings. The zero-order chi connectivity index (χ0) is 22.0. The van der Waals surface area contributed by atoms with Crippen molar-refractivity contribution in [1.29, 1.82) is 0 Å². The van der Waals surface area contributed by atoms with Gasteiger partial charge in [0.15, 0.2) is 0 Å². The van der Waals surface area contributed by atoms with E-state index in [1.807, 2.05) is 0 Å². The lowest BCUT2D eigenvalue weighted by Crippen LogP contribution is -2.60. The molecule has 0 N–H and O–H groups in total. The number of rotatable bonds is 5. The van der Waals surface area contributed by atoms with E-state index in [0.29, 0.717) is 18.0 Å². The van der Waals surface area contributed by atoms with Crippen LogP contribution < -0.4 is 0 Å². The predicted octanol–water partition coefficient (Wildman–Crippen LogP) is 6.32. The molecule has 1 unspecified atom stereocenters. The second-order valence-electron chi connectivity index (χ2n) is 9.74. The Kier molecular flexibility index (Phi) is 5.71. The van der Waals surface area contributed by atoms with Crippen molar-refractivity contribution in [1.82, 2.24) is 9.80 Å². The van der Waals surface area contributed by atoms with Crippen molar-refractivity contribution in [2.45, 2.75) is 37.4 Å². The molecule has 2 saturated heterocycles. The van der Waals surface area contributed by atoms with Crippen LogP contribution in [0.25, 0.3) is 10.8 Å². The average Bonchev–Trinajstić information content (AvgIpc) is 2.88. The highest BCUT2D eigenvalue weighted by Crippen LogP contribution is 2.38. The summed E-state index contributed by atoms with van der Waals surface area (Å²) in [5.74, 6) is 0.445. The quantitative estimate of drug-likeness (QED) is 0.364. The van der Waals surface area contributed by atoms with Crippen LogP contribution in [0.5, 0.6) is 0 Å². The van der Waals surface area contributed by atoms with Gasteiger partial charge in [0.2, 0.25) is 0 Å². The summed E-state index contributed by atoms with van der Waals surface area (Å²) in [6.45, 7) is 4.57. The SMILES string of the molecule is c1ccc(C(c2ccccc2)[C@@H]2CC[C@@H]3CN2CCN3Cc2ccc3ccccc3c2)cc1. The van der Waals surface area contributed by atoms with Gasteiger partial charge in [0.25, 0.3) is 0 Å². The largest absolute Gasteiger partial charge is 0.297 e. The molecule has 33 heavy (non-hydrogen) atoms. The minimum atomic E-state index is 0.445. The predicted molar refractivity (Wildman–Crippen MR) is 137 cm³/mol. The Morgan fingerprint density at radius 3 is 2.06 bits per heavy atom. The molecular formula is C31H32N2. The molecule has 0 saturated carbocycles. The smallest absolute Gasteiger partial charge is 0.0245 e. The summed E-state index contributed by atoms with van der Waals surface area (Å²) < 4.78 is 0. The molecule has 2 aliphatic heterocycles. The second-order valence-corrected chi connectivity index (χ2v) is 9.74. The second kappa shape index (κ2) is 9.13. The molecule has 2 bridgehead atoms. The van der Waals surface area contributed by atoms with Crippen LogP contribution >= 0.6 is 0 Å². The molecule has 0 aromatic heterocycles. The minimum absolute atomic E-state index is 0.445. The average molecular weight is 433 g/mol. The van der Waals surface area contributed by atoms with E-state index in [1.165, 1.54) is 46.8 Å². The molecule has 2 heterocycles. The monoisotopic (exact) mass is 432 g/mol. The molecule has 2 heteroatoms. The fourth-order valence-electron chi connectivity index (χ4n) is 6.15. The summed E-state index contributed by atoms with van der Waals surface area (Å²) in [6, 6.07) is 39.2. The van der Waals surface area contributed by atoms with Crippen molar-refractivity contribution < 1.29 is 0 Å². The van der Waals surface area contributed by atoms with E-state index in [1.54, 1.807) is 0 Å². The number of hydrogen-bond acceptors (Lipinski definition) is 2. The first-order valence-corrected chi connectivity index (χ1v) is 12.4. The lowest BCUT2D eigenvalue weighted by Gasteiger charge is -2.51. The van der Waals surface area contributed by atoms with E-state index < -0.39 is 0 Å². The Hall–Kier alpha value is -2.94. The fourth-order valence-corrected chi connectivity index (χ4v) is 6.15. The summed E-state index contributed by atoms with van der Waals surface area (Å²) in [5.41, 5.74) is 4.34. The standard InChI is InChI=1S/C31H32N2/c1-3-10-26(11-4-1)31(27-12-5-2-6-13-27)30-18-17-29-23-33(30)20-19-32(29)22-24-15-16-25-9-7-8-14-28(25)21-24/h1-16,21,29-31H,17-20,22-23H2/t29-,30+/m1/s1. The Balaban J connectivity index is 1.20. The number of nitrogens with zero attached hydrogens (tertiary/aromatic N) is 2.